The van der Waals surface area contributed by atoms with Gasteiger partial charge in [-0.1, -0.05) is 31.9 Å². The lowest BCUT2D eigenvalue weighted by Crippen LogP contribution is -2.74. The van der Waals surface area contributed by atoms with Crippen molar-refractivity contribution in [2.75, 3.05) is 0 Å². The number of carbonyl (C=O) groups excluding carboxylic acids is 1. The van der Waals surface area contributed by atoms with Crippen molar-refractivity contribution in [1.29, 1.82) is 0 Å². The number of hydrogen-bond donors (Lipinski definition) is 0. The Labute approximate surface area is 204 Å². The summed E-state index contributed by atoms with van der Waals surface area (Å²) in [5.74, 6) is -58.1. The summed E-state index contributed by atoms with van der Waals surface area (Å²) in [6, 6.07) is -0.0117. The molecule has 0 N–H and O–H groups in total. The zero-order chi connectivity index (χ0) is 29.3. The molecule has 0 radical (unpaired) electrons. The summed E-state index contributed by atoms with van der Waals surface area (Å²) in [7, 11) is 0. The molecule has 20 heteroatoms. The van der Waals surface area contributed by atoms with Crippen LogP contribution in [0.2, 0.25) is 0 Å². The molecule has 0 aromatic heterocycles. The van der Waals surface area contributed by atoms with Crippen LogP contribution in [0.4, 0.5) is 74.6 Å². The monoisotopic (exact) mass is 694 g/mol. The molecule has 0 bridgehead atoms. The van der Waals surface area contributed by atoms with Gasteiger partial charge in [-0.05, 0) is 19.1 Å². The first-order chi connectivity index (χ1) is 15.5. The van der Waals surface area contributed by atoms with Crippen LogP contribution in [-0.4, -0.2) is 47.5 Å². The fraction of sp³-hybridized carbons (Fsp3) is 0.562. The molecule has 0 aliphatic heterocycles. The van der Waals surface area contributed by atoms with E-state index in [9.17, 15) is 79.4 Å². The molecular weight excluding hydrogens is 691 g/mol. The second kappa shape index (κ2) is 8.86. The van der Waals surface area contributed by atoms with Gasteiger partial charge in [0.1, 0.15) is 0 Å². The van der Waals surface area contributed by atoms with Crippen molar-refractivity contribution in [1.82, 2.24) is 0 Å². The molecule has 0 aliphatic rings. The Hall–Kier alpha value is -1.34. The lowest BCUT2D eigenvalue weighted by molar-refractivity contribution is -0.462. The Morgan fingerprint density at radius 3 is 1.22 bits per heavy atom. The number of hydrogen-bond acceptors (Lipinski definition) is 1. The van der Waals surface area contributed by atoms with E-state index in [0.29, 0.717) is 0 Å². The first-order valence-corrected chi connectivity index (χ1v) is 9.79. The van der Waals surface area contributed by atoms with Crippen molar-refractivity contribution in [3.63, 3.8) is 0 Å². The molecule has 0 fully saturated rings. The summed E-state index contributed by atoms with van der Waals surface area (Å²) < 4.78 is 225. The van der Waals surface area contributed by atoms with Gasteiger partial charge in [0, 0.05) is 20.1 Å². The second-order valence-corrected chi connectivity index (χ2v) is 8.60. The molecule has 36 heavy (non-hydrogen) atoms. The van der Waals surface area contributed by atoms with Crippen LogP contribution in [0.3, 0.4) is 0 Å². The third-order valence-electron chi connectivity index (χ3n) is 4.50. The fourth-order valence-electron chi connectivity index (χ4n) is 2.39. The van der Waals surface area contributed by atoms with Gasteiger partial charge in [0.05, 0.1) is 0 Å². The maximum absolute atomic E-state index is 14.4. The highest BCUT2D eigenvalue weighted by atomic mass is 79.9. The van der Waals surface area contributed by atoms with Crippen LogP contribution in [0.5, 0.6) is 0 Å². The van der Waals surface area contributed by atoms with E-state index >= 15 is 0 Å². The van der Waals surface area contributed by atoms with Gasteiger partial charge in [0.2, 0.25) is 0 Å². The molecule has 1 aromatic carbocycles. The predicted molar refractivity (Wildman–Crippen MR) is 91.5 cm³/mol. The van der Waals surface area contributed by atoms with Crippen molar-refractivity contribution in [3.8, 4) is 0 Å². The molecule has 0 saturated heterocycles. The lowest BCUT2D eigenvalue weighted by Gasteiger charge is -2.43. The van der Waals surface area contributed by atoms with Gasteiger partial charge in [-0.3, -0.25) is 4.79 Å². The number of carbonyl (C=O) groups is 1. The van der Waals surface area contributed by atoms with Crippen LogP contribution < -0.4 is 0 Å². The standard InChI is InChI=1S/C16H5Br2F17O/c1-4(36)5-2-8(18)6(3-7(5)17)9(19,20)10(21,22)11(23,24)12(25,26)13(27,28)14(29,30)15(31,32)16(33,34)35/h2-3H,1H3. The molecule has 0 amide bonds. The van der Waals surface area contributed by atoms with Crippen LogP contribution in [0.15, 0.2) is 21.1 Å². The van der Waals surface area contributed by atoms with Crippen molar-refractivity contribution in [3.05, 3.63) is 32.2 Å². The van der Waals surface area contributed by atoms with Crippen molar-refractivity contribution < 1.29 is 79.4 Å². The van der Waals surface area contributed by atoms with E-state index in [1.165, 1.54) is 0 Å². The molecule has 0 saturated carbocycles. The molecule has 208 valence electrons. The van der Waals surface area contributed by atoms with Crippen molar-refractivity contribution in [2.45, 2.75) is 54.6 Å². The maximum atomic E-state index is 14.4. The van der Waals surface area contributed by atoms with Gasteiger partial charge in [-0.2, -0.15) is 74.6 Å². The van der Waals surface area contributed by atoms with Crippen molar-refractivity contribution >= 4 is 37.6 Å². The van der Waals surface area contributed by atoms with E-state index < -0.39 is 73.5 Å². The number of Topliss-reactive ketones (excluding diaryl/α,β-unsaturated/α-hetero) is 1. The Kier molecular flexibility index (Phi) is 8.04. The highest BCUT2D eigenvalue weighted by Crippen LogP contribution is 2.65. The summed E-state index contributed by atoms with van der Waals surface area (Å²) in [4.78, 5) is 11.3. The van der Waals surface area contributed by atoms with Gasteiger partial charge in [-0.15, -0.1) is 0 Å². The summed E-state index contributed by atoms with van der Waals surface area (Å²) in [5, 5.41) is 0. The first kappa shape index (κ1) is 32.7. The lowest BCUT2D eigenvalue weighted by atomic mass is 9.87. The molecule has 0 heterocycles. The number of alkyl halides is 17. The average molecular weight is 696 g/mol. The van der Waals surface area contributed by atoms with Crippen LogP contribution in [0, 0.1) is 0 Å². The summed E-state index contributed by atoms with van der Waals surface area (Å²) in [5.41, 5.74) is -3.04. The molecule has 0 spiro atoms. The van der Waals surface area contributed by atoms with E-state index in [1.807, 2.05) is 0 Å². The number of ketones is 1. The molecule has 0 aliphatic carbocycles. The van der Waals surface area contributed by atoms with Gasteiger partial charge in [0.25, 0.3) is 0 Å². The van der Waals surface area contributed by atoms with E-state index in [1.54, 1.807) is 0 Å². The van der Waals surface area contributed by atoms with Crippen LogP contribution in [0.25, 0.3) is 0 Å². The molecular formula is C16H5Br2F17O. The van der Waals surface area contributed by atoms with Crippen LogP contribution >= 0.6 is 31.9 Å². The SMILES string of the molecule is CC(=O)c1cc(Br)c(C(F)(F)C(F)(F)C(F)(F)C(F)(F)C(F)(F)C(F)(F)C(F)(F)C(F)(F)F)cc1Br. The predicted octanol–water partition coefficient (Wildman–Crippen LogP) is 8.88. The minimum absolute atomic E-state index is 0.245. The van der Waals surface area contributed by atoms with Crippen molar-refractivity contribution in [2.24, 2.45) is 0 Å². The number of halogens is 19. The molecule has 1 nitrogen and oxygen atoms in total. The number of rotatable bonds is 8. The third-order valence-corrected chi connectivity index (χ3v) is 5.81. The maximum Gasteiger partial charge on any atom is 0.460 e. The quantitative estimate of drug-likeness (QED) is 0.196. The van der Waals surface area contributed by atoms with Gasteiger partial charge in [-0.25, -0.2) is 0 Å². The van der Waals surface area contributed by atoms with Crippen LogP contribution in [0.1, 0.15) is 22.8 Å². The highest BCUT2D eigenvalue weighted by molar-refractivity contribution is 9.11. The molecule has 1 aromatic rings. The normalized spacial score (nSPS) is 15.3. The Bertz CT molecular complexity index is 1030. The highest BCUT2D eigenvalue weighted by Gasteiger charge is 2.95. The largest absolute Gasteiger partial charge is 0.460 e. The average Bonchev–Trinajstić information content (AvgIpc) is 2.67. The van der Waals surface area contributed by atoms with E-state index in [2.05, 4.69) is 31.9 Å². The molecule has 0 atom stereocenters. The zero-order valence-electron chi connectivity index (χ0n) is 16.2. The first-order valence-electron chi connectivity index (χ1n) is 8.20. The summed E-state index contributed by atoms with van der Waals surface area (Å²) in [6.45, 7) is 0.770. The third kappa shape index (κ3) is 4.26. The van der Waals surface area contributed by atoms with E-state index in [4.69, 9.17) is 0 Å². The van der Waals surface area contributed by atoms with E-state index in [0.717, 1.165) is 6.92 Å². The Morgan fingerprint density at radius 1 is 0.556 bits per heavy atom. The van der Waals surface area contributed by atoms with Gasteiger partial charge >= 0.3 is 47.6 Å². The van der Waals surface area contributed by atoms with Crippen LogP contribution in [-0.2, 0) is 5.92 Å². The molecule has 1 rings (SSSR count). The minimum atomic E-state index is -8.70. The van der Waals surface area contributed by atoms with E-state index in [-0.39, 0.29) is 12.1 Å². The fourth-order valence-corrected chi connectivity index (χ4v) is 3.61. The summed E-state index contributed by atoms with van der Waals surface area (Å²) in [6.07, 6.45) is -7.81. The molecule has 0 unspecified atom stereocenters. The summed E-state index contributed by atoms with van der Waals surface area (Å²) >= 11 is 4.47. The Morgan fingerprint density at radius 2 is 0.889 bits per heavy atom. The number of benzene rings is 1. The smallest absolute Gasteiger partial charge is 0.294 e. The zero-order valence-corrected chi connectivity index (χ0v) is 19.4. The minimum Gasteiger partial charge on any atom is -0.294 e. The second-order valence-electron chi connectivity index (χ2n) is 6.89. The topological polar surface area (TPSA) is 17.1 Å². The van der Waals surface area contributed by atoms with Gasteiger partial charge < -0.3 is 0 Å². The Balaban J connectivity index is 3.83. The van der Waals surface area contributed by atoms with Gasteiger partial charge in [0.15, 0.2) is 5.78 Å².